The Labute approximate surface area is 155 Å². The lowest BCUT2D eigenvalue weighted by atomic mass is 10.2. The molecule has 1 aromatic heterocycles. The fraction of sp³-hybridized carbons (Fsp3) is 0.0625. The van der Waals surface area contributed by atoms with Crippen molar-refractivity contribution >= 4 is 29.8 Å². The van der Waals surface area contributed by atoms with Gasteiger partial charge in [-0.3, -0.25) is 0 Å². The molecule has 3 rings (SSSR count). The molecule has 0 spiro atoms. The van der Waals surface area contributed by atoms with Crippen molar-refractivity contribution in [3.63, 3.8) is 0 Å². The van der Waals surface area contributed by atoms with E-state index < -0.39 is 0 Å². The van der Waals surface area contributed by atoms with E-state index in [4.69, 9.17) is 29.4 Å². The minimum Gasteiger partial charge on any atom is -0.370 e. The highest BCUT2D eigenvalue weighted by Gasteiger charge is 1.96. The van der Waals surface area contributed by atoms with Crippen LogP contribution in [0.1, 0.15) is 5.56 Å². The summed E-state index contributed by atoms with van der Waals surface area (Å²) in [5.74, 6) is -0.0425. The number of aromatic nitrogens is 4. The van der Waals surface area contributed by atoms with Crippen LogP contribution in [0.4, 0.5) is 5.69 Å². The molecule has 2 aromatic carbocycles. The summed E-state index contributed by atoms with van der Waals surface area (Å²) < 4.78 is 2.07. The summed E-state index contributed by atoms with van der Waals surface area (Å²) in [7, 11) is 0. The van der Waals surface area contributed by atoms with Crippen molar-refractivity contribution in [3.8, 4) is 5.69 Å². The van der Waals surface area contributed by atoms with Gasteiger partial charge >= 0.3 is 0 Å². The monoisotopic (exact) mass is 369 g/mol. The molecule has 0 saturated heterocycles. The molecule has 7 N–H and O–H groups in total. The van der Waals surface area contributed by atoms with Crippen molar-refractivity contribution in [1.29, 1.82) is 0 Å². The predicted octanol–water partition coefficient (Wildman–Crippen LogP) is 1.54. The summed E-state index contributed by atoms with van der Waals surface area (Å²) >= 11 is 4.93. The molecular formula is C16H19N9S. The van der Waals surface area contributed by atoms with E-state index in [9.17, 15) is 0 Å². The third-order valence-corrected chi connectivity index (χ3v) is 3.34. The van der Waals surface area contributed by atoms with Crippen LogP contribution < -0.4 is 17.2 Å². The Hall–Kier alpha value is -3.53. The number of hydrogen-bond donors (Lipinski definition) is 4. The maximum atomic E-state index is 5.48. The molecule has 9 nitrogen and oxygen atoms in total. The second kappa shape index (κ2) is 9.08. The summed E-state index contributed by atoms with van der Waals surface area (Å²) in [4.78, 5) is 7.66. The van der Waals surface area contributed by atoms with Gasteiger partial charge in [0, 0.05) is 0 Å². The van der Waals surface area contributed by atoms with Gasteiger partial charge in [-0.25, -0.2) is 9.67 Å². The first-order valence-corrected chi connectivity index (χ1v) is 7.93. The summed E-state index contributed by atoms with van der Waals surface area (Å²) in [6, 6.07) is 17.2. The number of aliphatic imine (C=N–C) groups is 2. The highest BCUT2D eigenvalue weighted by molar-refractivity contribution is 7.71. The van der Waals surface area contributed by atoms with Crippen LogP contribution in [0.25, 0.3) is 5.69 Å². The highest BCUT2D eigenvalue weighted by atomic mass is 32.1. The Morgan fingerprint density at radius 3 is 2.27 bits per heavy atom. The number of para-hydroxylation sites is 2. The van der Waals surface area contributed by atoms with Crippen molar-refractivity contribution in [2.45, 2.75) is 6.92 Å². The summed E-state index contributed by atoms with van der Waals surface area (Å²) in [5.41, 5.74) is 18.5. The molecular weight excluding hydrogens is 350 g/mol. The number of nitrogens with one attached hydrogen (secondary N) is 1. The molecule has 0 amide bonds. The lowest BCUT2D eigenvalue weighted by Crippen LogP contribution is -2.26. The third kappa shape index (κ3) is 5.53. The Bertz CT molecular complexity index is 953. The molecule has 0 bridgehead atoms. The molecule has 0 aliphatic rings. The zero-order valence-electron chi connectivity index (χ0n) is 14.1. The molecule has 0 saturated carbocycles. The van der Waals surface area contributed by atoms with Gasteiger partial charge in [-0.15, -0.1) is 0 Å². The molecule has 134 valence electrons. The average Bonchev–Trinajstić information content (AvgIpc) is 3.04. The number of rotatable bonds is 2. The summed E-state index contributed by atoms with van der Waals surface area (Å²) in [6.45, 7) is 1.93. The molecule has 3 aromatic rings. The molecule has 0 radical (unpaired) electrons. The van der Waals surface area contributed by atoms with E-state index in [0.29, 0.717) is 4.77 Å². The van der Waals surface area contributed by atoms with Gasteiger partial charge in [0.2, 0.25) is 10.7 Å². The van der Waals surface area contributed by atoms with Crippen LogP contribution in [0.2, 0.25) is 0 Å². The lowest BCUT2D eigenvalue weighted by molar-refractivity contribution is 0.786. The van der Waals surface area contributed by atoms with E-state index in [1.807, 2.05) is 61.5 Å². The van der Waals surface area contributed by atoms with E-state index >= 15 is 0 Å². The molecule has 1 heterocycles. The van der Waals surface area contributed by atoms with E-state index in [1.54, 1.807) is 4.68 Å². The van der Waals surface area contributed by atoms with Gasteiger partial charge in [0.05, 0.1) is 11.4 Å². The molecule has 0 unspecified atom stereocenters. The summed E-state index contributed by atoms with van der Waals surface area (Å²) in [6.07, 6.45) is 0. The number of H-pyrrole nitrogens is 1. The van der Waals surface area contributed by atoms with Crippen LogP contribution in [0.5, 0.6) is 0 Å². The molecule has 0 fully saturated rings. The molecule has 0 aliphatic carbocycles. The number of hydrogen-bond acceptors (Lipinski definition) is 4. The fourth-order valence-electron chi connectivity index (χ4n) is 1.91. The van der Waals surface area contributed by atoms with Gasteiger partial charge in [-0.05, 0) is 42.9 Å². The van der Waals surface area contributed by atoms with Crippen LogP contribution >= 0.6 is 12.2 Å². The van der Waals surface area contributed by atoms with Gasteiger partial charge in [0.15, 0.2) is 5.96 Å². The van der Waals surface area contributed by atoms with Crippen molar-refractivity contribution in [2.24, 2.45) is 27.2 Å². The zero-order chi connectivity index (χ0) is 18.9. The van der Waals surface area contributed by atoms with Crippen molar-refractivity contribution < 1.29 is 0 Å². The topological polar surface area (TPSA) is 149 Å². The normalized spacial score (nSPS) is 10.6. The van der Waals surface area contributed by atoms with Crippen LogP contribution in [0.3, 0.4) is 0 Å². The number of tetrazole rings is 1. The molecule has 26 heavy (non-hydrogen) atoms. The molecule has 10 heteroatoms. The largest absolute Gasteiger partial charge is 0.370 e. The second-order valence-corrected chi connectivity index (χ2v) is 5.41. The number of nitrogens with zero attached hydrogens (tertiary/aromatic N) is 5. The number of aryl methyl sites for hydroxylation is 1. The van der Waals surface area contributed by atoms with E-state index in [0.717, 1.165) is 16.9 Å². The summed E-state index contributed by atoms with van der Waals surface area (Å²) in [5, 5.41) is 9.92. The standard InChI is InChI=1S/C9H13N5.C7H6N4S/c1-6-4-2-3-5-7(6)13-9(12)14-8(10)11;12-7-8-9-10-11(7)6-4-2-1-3-5-6/h2-5H,1H3,(H6,10,11,12,13,14);1-5H,(H,8,10,12). The predicted molar refractivity (Wildman–Crippen MR) is 105 cm³/mol. The SMILES string of the molecule is Cc1ccccc1N=C(N)N=C(N)N.S=c1nn[nH]n1-c1ccccc1. The minimum absolute atomic E-state index is 0.0549. The number of guanidine groups is 2. The lowest BCUT2D eigenvalue weighted by Gasteiger charge is -1.99. The van der Waals surface area contributed by atoms with Gasteiger partial charge in [-0.1, -0.05) is 46.7 Å². The first-order valence-electron chi connectivity index (χ1n) is 7.52. The first kappa shape index (κ1) is 18.8. The Kier molecular flexibility index (Phi) is 6.57. The zero-order valence-corrected chi connectivity index (χ0v) is 14.9. The number of benzene rings is 2. The van der Waals surface area contributed by atoms with E-state index in [-0.39, 0.29) is 11.9 Å². The van der Waals surface area contributed by atoms with E-state index in [1.165, 1.54) is 0 Å². The van der Waals surface area contributed by atoms with Gasteiger partial charge in [0.25, 0.3) is 0 Å². The third-order valence-electron chi connectivity index (χ3n) is 3.08. The van der Waals surface area contributed by atoms with Crippen LogP contribution in [0.15, 0.2) is 64.6 Å². The second-order valence-electron chi connectivity index (χ2n) is 5.05. The average molecular weight is 369 g/mol. The maximum Gasteiger partial charge on any atom is 0.242 e. The van der Waals surface area contributed by atoms with E-state index in [2.05, 4.69) is 25.5 Å². The fourth-order valence-corrected chi connectivity index (χ4v) is 2.10. The Morgan fingerprint density at radius 2 is 1.69 bits per heavy atom. The van der Waals surface area contributed by atoms with Gasteiger partial charge < -0.3 is 17.2 Å². The van der Waals surface area contributed by atoms with Crippen LogP contribution in [0, 0.1) is 11.7 Å². The van der Waals surface area contributed by atoms with Gasteiger partial charge in [0.1, 0.15) is 0 Å². The minimum atomic E-state index is -0.0974. The van der Waals surface area contributed by atoms with Gasteiger partial charge in [-0.2, -0.15) is 10.2 Å². The van der Waals surface area contributed by atoms with Crippen LogP contribution in [-0.4, -0.2) is 32.1 Å². The Morgan fingerprint density at radius 1 is 1.04 bits per heavy atom. The maximum absolute atomic E-state index is 5.48. The Balaban J connectivity index is 0.000000189. The molecule has 0 atom stereocenters. The van der Waals surface area contributed by atoms with Crippen LogP contribution in [-0.2, 0) is 0 Å². The first-order chi connectivity index (χ1) is 12.5. The smallest absolute Gasteiger partial charge is 0.242 e. The van der Waals surface area contributed by atoms with Crippen molar-refractivity contribution in [2.75, 3.05) is 0 Å². The van der Waals surface area contributed by atoms with Crippen molar-refractivity contribution in [1.82, 2.24) is 20.2 Å². The number of nitrogens with two attached hydrogens (primary N) is 3. The number of aromatic amines is 1. The highest BCUT2D eigenvalue weighted by Crippen LogP contribution is 2.16. The quantitative estimate of drug-likeness (QED) is 0.306. The van der Waals surface area contributed by atoms with Crippen molar-refractivity contribution in [3.05, 3.63) is 64.9 Å². The molecule has 0 aliphatic heterocycles.